The van der Waals surface area contributed by atoms with Gasteiger partial charge in [-0.25, -0.2) is 22.0 Å². The minimum absolute atomic E-state index is 0.531. The Kier molecular flexibility index (Phi) is 3.49. The molecular formula is C8H5ClF2O4S. The molecule has 0 saturated carbocycles. The summed E-state index contributed by atoms with van der Waals surface area (Å²) in [5.41, 5.74) is -1.38. The third kappa shape index (κ3) is 3.14. The second-order valence-corrected chi connectivity index (χ2v) is 5.68. The van der Waals surface area contributed by atoms with Gasteiger partial charge in [-0.1, -0.05) is 0 Å². The van der Waals surface area contributed by atoms with Gasteiger partial charge in [0.25, 0.3) is 0 Å². The van der Waals surface area contributed by atoms with Crippen LogP contribution in [0.3, 0.4) is 0 Å². The Labute approximate surface area is 93.9 Å². The Morgan fingerprint density at radius 1 is 1.31 bits per heavy atom. The average molecular weight is 271 g/mol. The molecule has 0 aliphatic carbocycles. The maximum Gasteiger partial charge on any atom is 0.335 e. The molecular weight excluding hydrogens is 266 g/mol. The molecule has 0 aliphatic heterocycles. The second kappa shape index (κ2) is 4.34. The van der Waals surface area contributed by atoms with Gasteiger partial charge in [0.15, 0.2) is 0 Å². The molecule has 4 nitrogen and oxygen atoms in total. The zero-order valence-corrected chi connectivity index (χ0v) is 9.15. The number of benzene rings is 1. The van der Waals surface area contributed by atoms with Gasteiger partial charge in [-0.2, -0.15) is 0 Å². The number of hydrogen-bond acceptors (Lipinski definition) is 3. The minimum Gasteiger partial charge on any atom is -0.478 e. The third-order valence-electron chi connectivity index (χ3n) is 1.70. The Balaban J connectivity index is 3.28. The average Bonchev–Trinajstić information content (AvgIpc) is 2.09. The van der Waals surface area contributed by atoms with Crippen LogP contribution in [-0.4, -0.2) is 19.5 Å². The number of aromatic carboxylic acids is 1. The van der Waals surface area contributed by atoms with Crippen LogP contribution in [0, 0.1) is 11.6 Å². The molecule has 8 heteroatoms. The van der Waals surface area contributed by atoms with Crippen LogP contribution in [0.1, 0.15) is 15.9 Å². The Hall–Kier alpha value is -1.21. The largest absolute Gasteiger partial charge is 0.478 e. The van der Waals surface area contributed by atoms with Gasteiger partial charge < -0.3 is 5.11 Å². The van der Waals surface area contributed by atoms with Crippen LogP contribution in [0.5, 0.6) is 0 Å². The van der Waals surface area contributed by atoms with E-state index in [1.54, 1.807) is 0 Å². The van der Waals surface area contributed by atoms with Gasteiger partial charge in [0, 0.05) is 16.2 Å². The van der Waals surface area contributed by atoms with E-state index in [1.807, 2.05) is 0 Å². The topological polar surface area (TPSA) is 71.4 Å². The number of carboxylic acid groups (broad SMARTS) is 1. The van der Waals surface area contributed by atoms with Crippen molar-refractivity contribution in [1.29, 1.82) is 0 Å². The summed E-state index contributed by atoms with van der Waals surface area (Å²) in [7, 11) is 0.726. The van der Waals surface area contributed by atoms with Gasteiger partial charge in [-0.3, -0.25) is 0 Å². The van der Waals surface area contributed by atoms with Crippen LogP contribution in [0.4, 0.5) is 8.78 Å². The summed E-state index contributed by atoms with van der Waals surface area (Å²) < 4.78 is 47.6. The lowest BCUT2D eigenvalue weighted by atomic mass is 10.1. The van der Waals surface area contributed by atoms with Crippen molar-refractivity contribution in [3.05, 3.63) is 34.9 Å². The fraction of sp³-hybridized carbons (Fsp3) is 0.125. The maximum absolute atomic E-state index is 13.2. The highest BCUT2D eigenvalue weighted by Gasteiger charge is 2.19. The van der Waals surface area contributed by atoms with E-state index in [0.717, 1.165) is 0 Å². The monoisotopic (exact) mass is 270 g/mol. The van der Waals surface area contributed by atoms with E-state index >= 15 is 0 Å². The lowest BCUT2D eigenvalue weighted by Crippen LogP contribution is -2.06. The van der Waals surface area contributed by atoms with Crippen LogP contribution in [-0.2, 0) is 14.8 Å². The predicted molar refractivity (Wildman–Crippen MR) is 51.8 cm³/mol. The lowest BCUT2D eigenvalue weighted by Gasteiger charge is -2.04. The molecule has 1 aromatic carbocycles. The molecule has 0 radical (unpaired) electrons. The van der Waals surface area contributed by atoms with Gasteiger partial charge in [0.2, 0.25) is 9.05 Å². The van der Waals surface area contributed by atoms with Gasteiger partial charge >= 0.3 is 5.97 Å². The van der Waals surface area contributed by atoms with Crippen molar-refractivity contribution in [2.75, 3.05) is 0 Å². The molecule has 0 amide bonds. The zero-order valence-electron chi connectivity index (χ0n) is 7.58. The highest BCUT2D eigenvalue weighted by atomic mass is 35.7. The van der Waals surface area contributed by atoms with Crippen LogP contribution in [0.15, 0.2) is 12.1 Å². The summed E-state index contributed by atoms with van der Waals surface area (Å²) in [6, 6.07) is 1.06. The number of hydrogen-bond donors (Lipinski definition) is 1. The first kappa shape index (κ1) is 12.9. The smallest absolute Gasteiger partial charge is 0.335 e. The Bertz CT molecular complexity index is 518. The van der Waals surface area contributed by atoms with Gasteiger partial charge in [-0.05, 0) is 12.1 Å². The van der Waals surface area contributed by atoms with E-state index in [1.165, 1.54) is 0 Å². The molecule has 88 valence electrons. The predicted octanol–water partition coefficient (Wildman–Crippen LogP) is 1.73. The van der Waals surface area contributed by atoms with Crippen molar-refractivity contribution >= 4 is 25.7 Å². The van der Waals surface area contributed by atoms with Gasteiger partial charge in [-0.15, -0.1) is 0 Å². The van der Waals surface area contributed by atoms with Crippen molar-refractivity contribution in [3.63, 3.8) is 0 Å². The fourth-order valence-electron chi connectivity index (χ4n) is 1.04. The van der Waals surface area contributed by atoms with E-state index in [4.69, 9.17) is 15.8 Å². The van der Waals surface area contributed by atoms with Crippen LogP contribution >= 0.6 is 10.7 Å². The van der Waals surface area contributed by atoms with Crippen molar-refractivity contribution in [1.82, 2.24) is 0 Å². The Morgan fingerprint density at radius 2 is 1.75 bits per heavy atom. The summed E-state index contributed by atoms with van der Waals surface area (Å²) in [5, 5.41) is 8.48. The molecule has 0 unspecified atom stereocenters. The third-order valence-corrected chi connectivity index (χ3v) is 2.67. The van der Waals surface area contributed by atoms with Crippen LogP contribution < -0.4 is 0 Å². The van der Waals surface area contributed by atoms with Crippen molar-refractivity contribution < 1.29 is 27.1 Å². The molecule has 16 heavy (non-hydrogen) atoms. The second-order valence-electron chi connectivity index (χ2n) is 2.91. The molecule has 0 atom stereocenters. The molecule has 1 rings (SSSR count). The quantitative estimate of drug-likeness (QED) is 0.849. The first-order valence-electron chi connectivity index (χ1n) is 3.84. The molecule has 1 N–H and O–H groups in total. The standard InChI is InChI=1S/C8H5ClF2O4S/c9-16(14,15)3-5-6(10)1-4(8(12)13)2-7(5)11/h1-2H,3H2,(H,12,13). The maximum atomic E-state index is 13.2. The summed E-state index contributed by atoms with van der Waals surface area (Å²) in [4.78, 5) is 10.4. The zero-order chi connectivity index (χ0) is 12.5. The normalized spacial score (nSPS) is 11.4. The highest BCUT2D eigenvalue weighted by molar-refractivity contribution is 8.13. The van der Waals surface area contributed by atoms with Crippen molar-refractivity contribution in [2.45, 2.75) is 5.75 Å². The molecule has 0 aliphatic rings. The van der Waals surface area contributed by atoms with Gasteiger partial charge in [0.1, 0.15) is 11.6 Å². The first-order chi connectivity index (χ1) is 7.20. The number of carboxylic acids is 1. The molecule has 0 aromatic heterocycles. The van der Waals surface area contributed by atoms with E-state index in [9.17, 15) is 22.0 Å². The number of halogens is 3. The van der Waals surface area contributed by atoms with E-state index in [-0.39, 0.29) is 0 Å². The lowest BCUT2D eigenvalue weighted by molar-refractivity contribution is 0.0695. The molecule has 0 saturated heterocycles. The molecule has 0 heterocycles. The van der Waals surface area contributed by atoms with Crippen molar-refractivity contribution in [3.8, 4) is 0 Å². The molecule has 0 spiro atoms. The fourth-order valence-corrected chi connectivity index (χ4v) is 1.98. The number of carbonyl (C=O) groups is 1. The first-order valence-corrected chi connectivity index (χ1v) is 6.32. The summed E-state index contributed by atoms with van der Waals surface area (Å²) >= 11 is 0. The molecule has 0 bridgehead atoms. The van der Waals surface area contributed by atoms with Crippen molar-refractivity contribution in [2.24, 2.45) is 0 Å². The van der Waals surface area contributed by atoms with E-state index in [0.29, 0.717) is 12.1 Å². The summed E-state index contributed by atoms with van der Waals surface area (Å²) in [6.07, 6.45) is 0. The van der Waals surface area contributed by atoms with Crippen LogP contribution in [0.2, 0.25) is 0 Å². The van der Waals surface area contributed by atoms with Gasteiger partial charge in [0.05, 0.1) is 11.3 Å². The summed E-state index contributed by atoms with van der Waals surface area (Å²) in [5.74, 6) is -5.08. The molecule has 0 fully saturated rings. The number of rotatable bonds is 3. The highest BCUT2D eigenvalue weighted by Crippen LogP contribution is 2.19. The van der Waals surface area contributed by atoms with E-state index < -0.39 is 43.5 Å². The molecule has 1 aromatic rings. The summed E-state index contributed by atoms with van der Waals surface area (Å²) in [6.45, 7) is 0. The Morgan fingerprint density at radius 3 is 2.06 bits per heavy atom. The van der Waals surface area contributed by atoms with E-state index in [2.05, 4.69) is 0 Å². The van der Waals surface area contributed by atoms with Crippen LogP contribution in [0.25, 0.3) is 0 Å². The minimum atomic E-state index is -4.11. The SMILES string of the molecule is O=C(O)c1cc(F)c(CS(=O)(=O)Cl)c(F)c1.